The first-order chi connectivity index (χ1) is 11.4. The molecule has 0 aliphatic rings. The quantitative estimate of drug-likeness (QED) is 0.685. The zero-order valence-electron chi connectivity index (χ0n) is 12.5. The van der Waals surface area contributed by atoms with E-state index in [0.29, 0.717) is 0 Å². The highest BCUT2D eigenvalue weighted by Gasteiger charge is 2.21. The second-order valence-corrected chi connectivity index (χ2v) is 6.91. The third kappa shape index (κ3) is 5.98. The maximum Gasteiger partial charge on any atom is 0.408 e. The van der Waals surface area contributed by atoms with Gasteiger partial charge in [0, 0.05) is 15.4 Å². The van der Waals surface area contributed by atoms with Crippen LogP contribution in [0.5, 0.6) is 0 Å². The summed E-state index contributed by atoms with van der Waals surface area (Å²) in [4.78, 5) is 23.2. The van der Waals surface area contributed by atoms with Crippen molar-refractivity contribution >= 4 is 43.9 Å². The monoisotopic (exact) mass is 455 g/mol. The fourth-order valence-corrected chi connectivity index (χ4v) is 3.46. The normalized spacial score (nSPS) is 11.6. The third-order valence-corrected chi connectivity index (χ3v) is 4.08. The van der Waals surface area contributed by atoms with Crippen molar-refractivity contribution in [1.82, 2.24) is 5.32 Å². The number of carboxylic acids is 1. The van der Waals surface area contributed by atoms with Gasteiger partial charge in [0.05, 0.1) is 0 Å². The lowest BCUT2D eigenvalue weighted by Gasteiger charge is -2.15. The first-order valence-electron chi connectivity index (χ1n) is 7.09. The van der Waals surface area contributed by atoms with Crippen molar-refractivity contribution in [2.45, 2.75) is 19.1 Å². The molecule has 0 heterocycles. The van der Waals surface area contributed by atoms with Crippen molar-refractivity contribution in [3.63, 3.8) is 0 Å². The molecule has 2 rings (SSSR count). The fraction of sp³-hybridized carbons (Fsp3) is 0.176. The summed E-state index contributed by atoms with van der Waals surface area (Å²) >= 11 is 6.70. The Hall–Kier alpha value is -1.86. The van der Waals surface area contributed by atoms with Gasteiger partial charge in [-0.15, -0.1) is 0 Å². The van der Waals surface area contributed by atoms with Gasteiger partial charge < -0.3 is 15.2 Å². The van der Waals surface area contributed by atoms with Gasteiger partial charge in [-0.05, 0) is 29.3 Å². The van der Waals surface area contributed by atoms with Crippen LogP contribution in [0.25, 0.3) is 0 Å². The SMILES string of the molecule is O=C(NC(Cc1cc(Br)cc(Br)c1)C(=O)O)OCc1ccccc1. The molecule has 5 nitrogen and oxygen atoms in total. The second kappa shape index (κ2) is 8.84. The Morgan fingerprint density at radius 1 is 1.04 bits per heavy atom. The summed E-state index contributed by atoms with van der Waals surface area (Å²) in [5, 5.41) is 11.7. The van der Waals surface area contributed by atoms with E-state index in [1.807, 2.05) is 36.4 Å². The van der Waals surface area contributed by atoms with E-state index in [2.05, 4.69) is 37.2 Å². The number of carboxylic acid groups (broad SMARTS) is 1. The van der Waals surface area contributed by atoms with Gasteiger partial charge in [-0.1, -0.05) is 62.2 Å². The van der Waals surface area contributed by atoms with Gasteiger partial charge in [0.2, 0.25) is 0 Å². The highest BCUT2D eigenvalue weighted by molar-refractivity contribution is 9.11. The molecule has 1 atom stereocenters. The number of benzene rings is 2. The van der Waals surface area contributed by atoms with Gasteiger partial charge >= 0.3 is 12.1 Å². The molecule has 126 valence electrons. The van der Waals surface area contributed by atoms with Crippen LogP contribution in [0.15, 0.2) is 57.5 Å². The molecule has 0 aliphatic heterocycles. The zero-order chi connectivity index (χ0) is 17.5. The van der Waals surface area contributed by atoms with Crippen molar-refractivity contribution in [2.75, 3.05) is 0 Å². The molecule has 2 aromatic carbocycles. The number of ether oxygens (including phenoxy) is 1. The van der Waals surface area contributed by atoms with E-state index in [-0.39, 0.29) is 13.0 Å². The Kier molecular flexibility index (Phi) is 6.81. The van der Waals surface area contributed by atoms with Crippen LogP contribution in [0.1, 0.15) is 11.1 Å². The Balaban J connectivity index is 1.95. The molecule has 0 bridgehead atoms. The van der Waals surface area contributed by atoms with Crippen LogP contribution < -0.4 is 5.32 Å². The Labute approximate surface area is 156 Å². The molecule has 0 saturated heterocycles. The number of halogens is 2. The molecule has 0 aliphatic carbocycles. The van der Waals surface area contributed by atoms with Crippen LogP contribution >= 0.6 is 31.9 Å². The van der Waals surface area contributed by atoms with E-state index >= 15 is 0 Å². The summed E-state index contributed by atoms with van der Waals surface area (Å²) in [6.07, 6.45) is -0.617. The predicted molar refractivity (Wildman–Crippen MR) is 96.7 cm³/mol. The van der Waals surface area contributed by atoms with Crippen LogP contribution in [0, 0.1) is 0 Å². The van der Waals surface area contributed by atoms with E-state index in [1.54, 1.807) is 12.1 Å². The van der Waals surface area contributed by atoms with Gasteiger partial charge in [-0.2, -0.15) is 0 Å². The van der Waals surface area contributed by atoms with Crippen molar-refractivity contribution in [3.05, 3.63) is 68.6 Å². The number of aliphatic carboxylic acids is 1. The lowest BCUT2D eigenvalue weighted by Crippen LogP contribution is -2.42. The molecular formula is C17H15Br2NO4. The molecule has 7 heteroatoms. The molecule has 0 fully saturated rings. The van der Waals surface area contributed by atoms with Gasteiger partial charge in [0.25, 0.3) is 0 Å². The standard InChI is InChI=1S/C17H15Br2NO4/c18-13-6-12(7-14(19)9-13)8-15(16(21)22)20-17(23)24-10-11-4-2-1-3-5-11/h1-7,9,15H,8,10H2,(H,20,23)(H,21,22). The van der Waals surface area contributed by atoms with E-state index in [1.165, 1.54) is 0 Å². The molecule has 24 heavy (non-hydrogen) atoms. The molecule has 0 saturated carbocycles. The van der Waals surface area contributed by atoms with Gasteiger partial charge in [-0.25, -0.2) is 9.59 Å². The second-order valence-electron chi connectivity index (χ2n) is 5.08. The van der Waals surface area contributed by atoms with Crippen molar-refractivity contribution in [2.24, 2.45) is 0 Å². The summed E-state index contributed by atoms with van der Waals surface area (Å²) in [5.41, 5.74) is 1.60. The lowest BCUT2D eigenvalue weighted by atomic mass is 10.1. The van der Waals surface area contributed by atoms with Crippen molar-refractivity contribution in [3.8, 4) is 0 Å². The van der Waals surface area contributed by atoms with Gasteiger partial charge in [0.1, 0.15) is 12.6 Å². The molecule has 0 radical (unpaired) electrons. The molecule has 0 aromatic heterocycles. The average molecular weight is 457 g/mol. The van der Waals surface area contributed by atoms with Gasteiger partial charge in [-0.3, -0.25) is 0 Å². The van der Waals surface area contributed by atoms with Crippen LogP contribution in [0.4, 0.5) is 4.79 Å². The van der Waals surface area contributed by atoms with Crippen LogP contribution in [-0.4, -0.2) is 23.2 Å². The van der Waals surface area contributed by atoms with Crippen molar-refractivity contribution in [1.29, 1.82) is 0 Å². The number of amides is 1. The lowest BCUT2D eigenvalue weighted by molar-refractivity contribution is -0.139. The van der Waals surface area contributed by atoms with Crippen LogP contribution in [-0.2, 0) is 22.6 Å². The van der Waals surface area contributed by atoms with E-state index in [0.717, 1.165) is 20.1 Å². The van der Waals surface area contributed by atoms with E-state index < -0.39 is 18.1 Å². The summed E-state index contributed by atoms with van der Waals surface area (Å²) in [6, 6.07) is 13.6. The minimum atomic E-state index is -1.12. The first kappa shape index (κ1) is 18.5. The average Bonchev–Trinajstić information content (AvgIpc) is 2.52. The number of nitrogens with one attached hydrogen (secondary N) is 1. The van der Waals surface area contributed by atoms with E-state index in [9.17, 15) is 14.7 Å². The third-order valence-electron chi connectivity index (χ3n) is 3.17. The fourth-order valence-electron chi connectivity index (χ4n) is 2.07. The zero-order valence-corrected chi connectivity index (χ0v) is 15.7. The predicted octanol–water partition coefficient (Wildman–Crippen LogP) is 4.13. The molecule has 2 aromatic rings. The number of alkyl carbamates (subject to hydrolysis) is 1. The van der Waals surface area contributed by atoms with Crippen LogP contribution in [0.2, 0.25) is 0 Å². The minimum Gasteiger partial charge on any atom is -0.480 e. The van der Waals surface area contributed by atoms with E-state index in [4.69, 9.17) is 4.74 Å². The largest absolute Gasteiger partial charge is 0.480 e. The summed E-state index contributed by atoms with van der Waals surface area (Å²) in [7, 11) is 0. The highest BCUT2D eigenvalue weighted by Crippen LogP contribution is 2.21. The number of rotatable bonds is 6. The van der Waals surface area contributed by atoms with Crippen molar-refractivity contribution < 1.29 is 19.4 Å². The van der Waals surface area contributed by atoms with Gasteiger partial charge in [0.15, 0.2) is 0 Å². The Morgan fingerprint density at radius 2 is 1.67 bits per heavy atom. The number of hydrogen-bond acceptors (Lipinski definition) is 3. The Bertz CT molecular complexity index is 702. The maximum absolute atomic E-state index is 11.8. The Morgan fingerprint density at radius 3 is 2.25 bits per heavy atom. The molecule has 2 N–H and O–H groups in total. The summed E-state index contributed by atoms with van der Waals surface area (Å²) in [5.74, 6) is -1.12. The summed E-state index contributed by atoms with van der Waals surface area (Å²) < 4.78 is 6.71. The highest BCUT2D eigenvalue weighted by atomic mass is 79.9. The summed E-state index contributed by atoms with van der Waals surface area (Å²) in [6.45, 7) is 0.0848. The molecule has 1 unspecified atom stereocenters. The van der Waals surface area contributed by atoms with Crippen LogP contribution in [0.3, 0.4) is 0 Å². The minimum absolute atomic E-state index is 0.0848. The maximum atomic E-state index is 11.8. The molecule has 0 spiro atoms. The number of carbonyl (C=O) groups is 2. The smallest absolute Gasteiger partial charge is 0.408 e. The number of hydrogen-bond donors (Lipinski definition) is 2. The molecule has 1 amide bonds. The first-order valence-corrected chi connectivity index (χ1v) is 8.67. The number of carbonyl (C=O) groups excluding carboxylic acids is 1. The molecular weight excluding hydrogens is 442 g/mol. The topological polar surface area (TPSA) is 75.6 Å².